The van der Waals surface area contributed by atoms with E-state index in [-0.39, 0.29) is 0 Å². The number of fused-ring (bicyclic) bond motifs is 1. The molecule has 0 bridgehead atoms. The number of nitrogen functional groups attached to an aromatic ring is 1. The Kier molecular flexibility index (Phi) is 2.20. The van der Waals surface area contributed by atoms with Crippen molar-refractivity contribution in [3.8, 4) is 0 Å². The summed E-state index contributed by atoms with van der Waals surface area (Å²) in [5.41, 5.74) is 7.83. The van der Waals surface area contributed by atoms with Gasteiger partial charge in [-0.3, -0.25) is 0 Å². The predicted molar refractivity (Wildman–Crippen MR) is 61.2 cm³/mol. The summed E-state index contributed by atoms with van der Waals surface area (Å²) in [6.07, 6.45) is 2.13. The van der Waals surface area contributed by atoms with Gasteiger partial charge in [-0.2, -0.15) is 0 Å². The van der Waals surface area contributed by atoms with E-state index in [1.807, 2.05) is 12.1 Å². The largest absolute Gasteiger partial charge is 0.399 e. The van der Waals surface area contributed by atoms with E-state index in [1.165, 1.54) is 10.9 Å². The number of anilines is 1. The minimum Gasteiger partial charge on any atom is -0.399 e. The Balaban J connectivity index is 2.47. The van der Waals surface area contributed by atoms with Gasteiger partial charge < -0.3 is 10.3 Å². The Morgan fingerprint density at radius 2 is 2.07 bits per heavy atom. The Bertz CT molecular complexity index is 441. The highest BCUT2D eigenvalue weighted by Crippen LogP contribution is 2.19. The fourth-order valence-corrected chi connectivity index (χ4v) is 1.77. The van der Waals surface area contributed by atoms with Crippen LogP contribution in [0, 0.1) is 5.92 Å². The Hall–Kier alpha value is -1.44. The lowest BCUT2D eigenvalue weighted by Gasteiger charge is -2.08. The third kappa shape index (κ3) is 1.60. The topological polar surface area (TPSA) is 30.9 Å². The first-order chi connectivity index (χ1) is 6.66. The average molecular weight is 188 g/mol. The molecule has 0 saturated heterocycles. The summed E-state index contributed by atoms with van der Waals surface area (Å²) in [6.45, 7) is 5.51. The molecule has 0 amide bonds. The van der Waals surface area contributed by atoms with Crippen LogP contribution in [-0.2, 0) is 6.54 Å². The van der Waals surface area contributed by atoms with Gasteiger partial charge in [0.1, 0.15) is 0 Å². The first-order valence-electron chi connectivity index (χ1n) is 5.01. The van der Waals surface area contributed by atoms with Crippen LogP contribution in [0.25, 0.3) is 10.9 Å². The quantitative estimate of drug-likeness (QED) is 0.722. The van der Waals surface area contributed by atoms with Crippen LogP contribution in [0.15, 0.2) is 30.5 Å². The highest BCUT2D eigenvalue weighted by Gasteiger charge is 2.02. The molecule has 2 heteroatoms. The van der Waals surface area contributed by atoms with Crippen molar-refractivity contribution in [2.24, 2.45) is 5.92 Å². The summed E-state index contributed by atoms with van der Waals surface area (Å²) in [7, 11) is 0. The van der Waals surface area contributed by atoms with Crippen LogP contribution >= 0.6 is 0 Å². The van der Waals surface area contributed by atoms with Gasteiger partial charge in [-0.05, 0) is 30.2 Å². The summed E-state index contributed by atoms with van der Waals surface area (Å²) < 4.78 is 2.28. The molecular weight excluding hydrogens is 172 g/mol. The molecule has 14 heavy (non-hydrogen) atoms. The van der Waals surface area contributed by atoms with Crippen molar-refractivity contribution in [2.45, 2.75) is 20.4 Å². The number of aromatic nitrogens is 1. The van der Waals surface area contributed by atoms with Gasteiger partial charge in [0.2, 0.25) is 0 Å². The second kappa shape index (κ2) is 3.37. The smallest absolute Gasteiger partial charge is 0.0481 e. The van der Waals surface area contributed by atoms with Crippen LogP contribution in [0.1, 0.15) is 13.8 Å². The van der Waals surface area contributed by atoms with Crippen LogP contribution < -0.4 is 5.73 Å². The standard InChI is InChI=1S/C12H16N2/c1-9(2)8-14-6-5-10-7-11(13)3-4-12(10)14/h3-7,9H,8,13H2,1-2H3. The van der Waals surface area contributed by atoms with Crippen molar-refractivity contribution in [1.29, 1.82) is 0 Å². The minimum atomic E-state index is 0.670. The zero-order valence-corrected chi connectivity index (χ0v) is 8.70. The van der Waals surface area contributed by atoms with E-state index in [1.54, 1.807) is 0 Å². The Morgan fingerprint density at radius 3 is 2.79 bits per heavy atom. The number of hydrogen-bond acceptors (Lipinski definition) is 1. The lowest BCUT2D eigenvalue weighted by Crippen LogP contribution is -2.02. The number of benzene rings is 1. The van der Waals surface area contributed by atoms with E-state index in [0.717, 1.165) is 12.2 Å². The SMILES string of the molecule is CC(C)Cn1ccc2cc(N)ccc21. The highest BCUT2D eigenvalue weighted by atomic mass is 15.0. The van der Waals surface area contributed by atoms with Gasteiger partial charge in [-0.1, -0.05) is 13.8 Å². The molecule has 0 aliphatic heterocycles. The number of rotatable bonds is 2. The molecular formula is C12H16N2. The summed E-state index contributed by atoms with van der Waals surface area (Å²) in [6, 6.07) is 8.19. The van der Waals surface area contributed by atoms with Gasteiger partial charge in [-0.25, -0.2) is 0 Å². The average Bonchev–Trinajstić information content (AvgIpc) is 2.47. The molecule has 1 heterocycles. The van der Waals surface area contributed by atoms with Crippen LogP contribution in [-0.4, -0.2) is 4.57 Å². The van der Waals surface area contributed by atoms with E-state index in [4.69, 9.17) is 5.73 Å². The molecule has 1 aromatic heterocycles. The lowest BCUT2D eigenvalue weighted by molar-refractivity contribution is 0.535. The van der Waals surface area contributed by atoms with Gasteiger partial charge in [0, 0.05) is 29.3 Å². The zero-order chi connectivity index (χ0) is 10.1. The van der Waals surface area contributed by atoms with Crippen LogP contribution in [0.5, 0.6) is 0 Å². The molecule has 1 aromatic carbocycles. The molecule has 2 N–H and O–H groups in total. The summed E-state index contributed by atoms with van der Waals surface area (Å²) in [4.78, 5) is 0. The van der Waals surface area contributed by atoms with E-state index in [0.29, 0.717) is 5.92 Å². The van der Waals surface area contributed by atoms with Crippen LogP contribution in [0.3, 0.4) is 0 Å². The van der Waals surface area contributed by atoms with Crippen molar-refractivity contribution in [2.75, 3.05) is 5.73 Å². The van der Waals surface area contributed by atoms with Gasteiger partial charge in [-0.15, -0.1) is 0 Å². The molecule has 0 aliphatic rings. The lowest BCUT2D eigenvalue weighted by atomic mass is 10.2. The van der Waals surface area contributed by atoms with E-state index >= 15 is 0 Å². The highest BCUT2D eigenvalue weighted by molar-refractivity contribution is 5.83. The second-order valence-corrected chi connectivity index (χ2v) is 4.18. The van der Waals surface area contributed by atoms with Crippen molar-refractivity contribution >= 4 is 16.6 Å². The summed E-state index contributed by atoms with van der Waals surface area (Å²) >= 11 is 0. The van der Waals surface area contributed by atoms with Gasteiger partial charge in [0.05, 0.1) is 0 Å². The second-order valence-electron chi connectivity index (χ2n) is 4.18. The summed E-state index contributed by atoms with van der Waals surface area (Å²) in [5, 5.41) is 1.23. The minimum absolute atomic E-state index is 0.670. The molecule has 0 saturated carbocycles. The van der Waals surface area contributed by atoms with Crippen LogP contribution in [0.4, 0.5) is 5.69 Å². The van der Waals surface area contributed by atoms with E-state index in [9.17, 15) is 0 Å². The maximum Gasteiger partial charge on any atom is 0.0481 e. The molecule has 2 aromatic rings. The van der Waals surface area contributed by atoms with Gasteiger partial charge in [0.25, 0.3) is 0 Å². The number of nitrogens with zero attached hydrogens (tertiary/aromatic N) is 1. The molecule has 0 unspecified atom stereocenters. The normalized spacial score (nSPS) is 11.4. The number of nitrogens with two attached hydrogens (primary N) is 1. The molecule has 0 fully saturated rings. The fraction of sp³-hybridized carbons (Fsp3) is 0.333. The molecule has 0 aliphatic carbocycles. The van der Waals surface area contributed by atoms with Crippen molar-refractivity contribution in [3.63, 3.8) is 0 Å². The van der Waals surface area contributed by atoms with Gasteiger partial charge in [0.15, 0.2) is 0 Å². The maximum absolute atomic E-state index is 5.73. The third-order valence-electron chi connectivity index (χ3n) is 2.36. The van der Waals surface area contributed by atoms with E-state index < -0.39 is 0 Å². The predicted octanol–water partition coefficient (Wildman–Crippen LogP) is 2.88. The third-order valence-corrected chi connectivity index (χ3v) is 2.36. The first-order valence-corrected chi connectivity index (χ1v) is 5.01. The fourth-order valence-electron chi connectivity index (χ4n) is 1.77. The van der Waals surface area contributed by atoms with Crippen LogP contribution in [0.2, 0.25) is 0 Å². The monoisotopic (exact) mass is 188 g/mol. The molecule has 0 spiro atoms. The molecule has 0 atom stereocenters. The molecule has 0 radical (unpaired) electrons. The Labute approximate surface area is 84.3 Å². The first kappa shape index (κ1) is 9.13. The van der Waals surface area contributed by atoms with Crippen molar-refractivity contribution in [3.05, 3.63) is 30.5 Å². The van der Waals surface area contributed by atoms with Gasteiger partial charge >= 0.3 is 0 Å². The maximum atomic E-state index is 5.73. The molecule has 2 nitrogen and oxygen atoms in total. The molecule has 2 rings (SSSR count). The number of hydrogen-bond donors (Lipinski definition) is 1. The van der Waals surface area contributed by atoms with Crippen molar-refractivity contribution < 1.29 is 0 Å². The summed E-state index contributed by atoms with van der Waals surface area (Å²) in [5.74, 6) is 0.670. The van der Waals surface area contributed by atoms with Crippen molar-refractivity contribution in [1.82, 2.24) is 4.57 Å². The van der Waals surface area contributed by atoms with E-state index in [2.05, 4.69) is 36.7 Å². The zero-order valence-electron chi connectivity index (χ0n) is 8.70. The molecule has 74 valence electrons. The Morgan fingerprint density at radius 1 is 1.29 bits per heavy atom.